The number of piperidine rings is 1. The zero-order chi connectivity index (χ0) is 17.6. The molecule has 138 valence electrons. The van der Waals surface area contributed by atoms with Gasteiger partial charge in [-0.3, -0.25) is 14.3 Å². The fourth-order valence-corrected chi connectivity index (χ4v) is 3.99. The van der Waals surface area contributed by atoms with E-state index in [-0.39, 0.29) is 23.9 Å². The molecule has 0 radical (unpaired) electrons. The summed E-state index contributed by atoms with van der Waals surface area (Å²) in [5, 5.41) is 4.14. The summed E-state index contributed by atoms with van der Waals surface area (Å²) in [5.41, 5.74) is 0. The van der Waals surface area contributed by atoms with E-state index in [1.54, 1.807) is 17.8 Å². The molecule has 2 fully saturated rings. The number of carbonyl (C=O) groups is 2. The van der Waals surface area contributed by atoms with Gasteiger partial charge in [0, 0.05) is 70.7 Å². The van der Waals surface area contributed by atoms with Crippen molar-refractivity contribution in [3.8, 4) is 0 Å². The Kier molecular flexibility index (Phi) is 6.07. The van der Waals surface area contributed by atoms with Gasteiger partial charge in [0.05, 0.1) is 0 Å². The molecule has 2 amide bonds. The number of amides is 2. The highest BCUT2D eigenvalue weighted by Gasteiger charge is 2.34. The van der Waals surface area contributed by atoms with Gasteiger partial charge in [0.25, 0.3) is 0 Å². The Bertz CT molecular complexity index is 569. The van der Waals surface area contributed by atoms with Crippen LogP contribution in [-0.2, 0) is 20.9 Å². The van der Waals surface area contributed by atoms with Gasteiger partial charge in [0.15, 0.2) is 0 Å². The van der Waals surface area contributed by atoms with Crippen molar-refractivity contribution >= 4 is 11.8 Å². The number of aryl methyl sites for hydroxylation is 1. The highest BCUT2D eigenvalue weighted by Crippen LogP contribution is 2.23. The van der Waals surface area contributed by atoms with Gasteiger partial charge in [-0.25, -0.2) is 0 Å². The minimum atomic E-state index is 0.114. The molecule has 2 saturated heterocycles. The number of nitrogens with zero attached hydrogens (tertiary/aromatic N) is 4. The lowest BCUT2D eigenvalue weighted by molar-refractivity contribution is -0.142. The van der Waals surface area contributed by atoms with Crippen molar-refractivity contribution < 1.29 is 14.3 Å². The summed E-state index contributed by atoms with van der Waals surface area (Å²) >= 11 is 0. The molecule has 1 atom stereocenters. The molecule has 25 heavy (non-hydrogen) atoms. The van der Waals surface area contributed by atoms with Crippen molar-refractivity contribution in [1.29, 1.82) is 0 Å². The van der Waals surface area contributed by atoms with Crippen molar-refractivity contribution in [3.63, 3.8) is 0 Å². The van der Waals surface area contributed by atoms with E-state index in [0.29, 0.717) is 32.7 Å². The SMILES string of the molecule is CC(=O)N(C1CCOCC1)C1CCCN(C(=O)CCn2cccn2)C1. The van der Waals surface area contributed by atoms with Crippen molar-refractivity contribution in [2.45, 2.75) is 57.7 Å². The largest absolute Gasteiger partial charge is 0.381 e. The average molecular weight is 348 g/mol. The van der Waals surface area contributed by atoms with Crippen LogP contribution in [0, 0.1) is 0 Å². The van der Waals surface area contributed by atoms with E-state index in [0.717, 1.165) is 32.2 Å². The van der Waals surface area contributed by atoms with Crippen molar-refractivity contribution in [2.75, 3.05) is 26.3 Å². The van der Waals surface area contributed by atoms with E-state index < -0.39 is 0 Å². The Morgan fingerprint density at radius 3 is 2.72 bits per heavy atom. The maximum atomic E-state index is 12.6. The summed E-state index contributed by atoms with van der Waals surface area (Å²) in [5.74, 6) is 0.262. The van der Waals surface area contributed by atoms with Crippen molar-refractivity contribution in [3.05, 3.63) is 18.5 Å². The fourth-order valence-electron chi connectivity index (χ4n) is 3.99. The maximum Gasteiger partial charge on any atom is 0.224 e. The van der Waals surface area contributed by atoms with Crippen LogP contribution in [0.15, 0.2) is 18.5 Å². The van der Waals surface area contributed by atoms with Crippen LogP contribution in [0.4, 0.5) is 0 Å². The van der Waals surface area contributed by atoms with Gasteiger partial charge in [-0.1, -0.05) is 0 Å². The topological polar surface area (TPSA) is 67.7 Å². The van der Waals surface area contributed by atoms with Crippen LogP contribution in [0.3, 0.4) is 0 Å². The van der Waals surface area contributed by atoms with Crippen LogP contribution < -0.4 is 0 Å². The maximum absolute atomic E-state index is 12.6. The Balaban J connectivity index is 1.58. The van der Waals surface area contributed by atoms with Gasteiger partial charge >= 0.3 is 0 Å². The van der Waals surface area contributed by atoms with Gasteiger partial charge in [-0.2, -0.15) is 5.10 Å². The number of carbonyl (C=O) groups excluding carboxylic acids is 2. The zero-order valence-electron chi connectivity index (χ0n) is 15.0. The smallest absolute Gasteiger partial charge is 0.224 e. The lowest BCUT2D eigenvalue weighted by atomic mass is 9.98. The highest BCUT2D eigenvalue weighted by molar-refractivity contribution is 5.77. The van der Waals surface area contributed by atoms with E-state index in [2.05, 4.69) is 5.10 Å². The van der Waals surface area contributed by atoms with E-state index in [9.17, 15) is 9.59 Å². The van der Waals surface area contributed by atoms with E-state index in [1.165, 1.54) is 0 Å². The van der Waals surface area contributed by atoms with Gasteiger partial charge in [-0.15, -0.1) is 0 Å². The third-order valence-corrected chi connectivity index (χ3v) is 5.20. The molecule has 0 aliphatic carbocycles. The molecule has 3 heterocycles. The van der Waals surface area contributed by atoms with E-state index in [1.807, 2.05) is 22.1 Å². The number of rotatable bonds is 5. The van der Waals surface area contributed by atoms with Crippen LogP contribution in [-0.4, -0.2) is 69.8 Å². The molecule has 1 aromatic rings. The Morgan fingerprint density at radius 1 is 1.24 bits per heavy atom. The fraction of sp³-hybridized carbons (Fsp3) is 0.722. The van der Waals surface area contributed by atoms with Crippen molar-refractivity contribution in [2.24, 2.45) is 0 Å². The summed E-state index contributed by atoms with van der Waals surface area (Å²) in [6.45, 7) is 5.11. The van der Waals surface area contributed by atoms with Crippen LogP contribution >= 0.6 is 0 Å². The zero-order valence-corrected chi connectivity index (χ0v) is 15.0. The molecule has 2 aliphatic rings. The summed E-state index contributed by atoms with van der Waals surface area (Å²) in [6, 6.07) is 2.23. The predicted molar refractivity (Wildman–Crippen MR) is 92.8 cm³/mol. The van der Waals surface area contributed by atoms with Gasteiger partial charge in [0.2, 0.25) is 11.8 Å². The lowest BCUT2D eigenvalue weighted by Crippen LogP contribution is -2.55. The summed E-state index contributed by atoms with van der Waals surface area (Å²) in [7, 11) is 0. The first kappa shape index (κ1) is 17.9. The standard InChI is InChI=1S/C18H28N4O3/c1-15(23)22(16-6-12-25-13-7-16)17-4-2-9-20(14-17)18(24)5-11-21-10-3-8-19-21/h3,8,10,16-17H,2,4-7,9,11-14H2,1H3. The quantitative estimate of drug-likeness (QED) is 0.804. The monoisotopic (exact) mass is 348 g/mol. The molecular formula is C18H28N4O3. The van der Waals surface area contributed by atoms with Gasteiger partial charge in [0.1, 0.15) is 0 Å². The molecular weight excluding hydrogens is 320 g/mol. The van der Waals surface area contributed by atoms with Crippen molar-refractivity contribution in [1.82, 2.24) is 19.6 Å². The van der Waals surface area contributed by atoms with Gasteiger partial charge < -0.3 is 14.5 Å². The second-order valence-corrected chi connectivity index (χ2v) is 6.92. The molecule has 7 nitrogen and oxygen atoms in total. The number of ether oxygens (including phenoxy) is 1. The van der Waals surface area contributed by atoms with E-state index in [4.69, 9.17) is 4.74 Å². The number of hydrogen-bond acceptors (Lipinski definition) is 4. The first-order valence-corrected chi connectivity index (χ1v) is 9.27. The molecule has 0 bridgehead atoms. The Morgan fingerprint density at radius 2 is 2.04 bits per heavy atom. The highest BCUT2D eigenvalue weighted by atomic mass is 16.5. The second kappa shape index (κ2) is 8.47. The average Bonchev–Trinajstić information content (AvgIpc) is 3.14. The Labute approximate surface area is 148 Å². The molecule has 0 saturated carbocycles. The lowest BCUT2D eigenvalue weighted by Gasteiger charge is -2.44. The Hall–Kier alpha value is -1.89. The molecule has 0 spiro atoms. The molecule has 2 aliphatic heterocycles. The molecule has 1 aromatic heterocycles. The normalized spacial score (nSPS) is 22.0. The minimum absolute atomic E-state index is 0.114. The second-order valence-electron chi connectivity index (χ2n) is 6.92. The number of aromatic nitrogens is 2. The summed E-state index contributed by atoms with van der Waals surface area (Å²) in [4.78, 5) is 28.8. The first-order chi connectivity index (χ1) is 12.1. The number of hydrogen-bond donors (Lipinski definition) is 0. The van der Waals surface area contributed by atoms with Crippen LogP contribution in [0.5, 0.6) is 0 Å². The molecule has 1 unspecified atom stereocenters. The number of likely N-dealkylation sites (tertiary alicyclic amines) is 1. The first-order valence-electron chi connectivity index (χ1n) is 9.27. The molecule has 7 heteroatoms. The molecule has 0 aromatic carbocycles. The predicted octanol–water partition coefficient (Wildman–Crippen LogP) is 1.29. The molecule has 3 rings (SSSR count). The third-order valence-electron chi connectivity index (χ3n) is 5.20. The summed E-state index contributed by atoms with van der Waals surface area (Å²) in [6.07, 6.45) is 7.75. The van der Waals surface area contributed by atoms with E-state index >= 15 is 0 Å². The van der Waals surface area contributed by atoms with Crippen LogP contribution in [0.1, 0.15) is 39.0 Å². The van der Waals surface area contributed by atoms with Crippen LogP contribution in [0.2, 0.25) is 0 Å². The van der Waals surface area contributed by atoms with Gasteiger partial charge in [-0.05, 0) is 31.7 Å². The minimum Gasteiger partial charge on any atom is -0.381 e. The third kappa shape index (κ3) is 4.60. The summed E-state index contributed by atoms with van der Waals surface area (Å²) < 4.78 is 7.21. The van der Waals surface area contributed by atoms with Crippen LogP contribution in [0.25, 0.3) is 0 Å². The molecule has 0 N–H and O–H groups in total.